The predicted octanol–water partition coefficient (Wildman–Crippen LogP) is 4.01. The number of fused-ring (bicyclic) bond motifs is 1. The number of benzene rings is 3. The molecule has 3 aromatic rings. The maximum absolute atomic E-state index is 13.3. The number of methoxy groups -OCH3 is 1. The Balaban J connectivity index is 1.64. The van der Waals surface area contributed by atoms with Crippen LogP contribution in [0.5, 0.6) is 17.2 Å². The molecule has 2 amide bonds. The van der Waals surface area contributed by atoms with Crippen LogP contribution in [0.1, 0.15) is 24.1 Å². The van der Waals surface area contributed by atoms with Crippen LogP contribution in [-0.4, -0.2) is 36.6 Å². The van der Waals surface area contributed by atoms with Crippen LogP contribution in [0.3, 0.4) is 0 Å². The van der Waals surface area contributed by atoms with E-state index in [-0.39, 0.29) is 24.0 Å². The van der Waals surface area contributed by atoms with E-state index < -0.39 is 17.7 Å². The average molecular weight is 486 g/mol. The Labute approximate surface area is 206 Å². The van der Waals surface area contributed by atoms with Crippen LogP contribution >= 0.6 is 0 Å². The van der Waals surface area contributed by atoms with E-state index in [1.807, 2.05) is 0 Å². The molecule has 9 heteroatoms. The molecule has 36 heavy (non-hydrogen) atoms. The van der Waals surface area contributed by atoms with Crippen LogP contribution in [0.15, 0.2) is 72.3 Å². The minimum Gasteiger partial charge on any atom is -0.507 e. The molecule has 0 radical (unpaired) electrons. The average Bonchev–Trinajstić information content (AvgIpc) is 3.46. The lowest BCUT2D eigenvalue weighted by Gasteiger charge is -2.25. The standard InChI is InChI=1S/C27H22N2O7/c1-15(30)28-18-6-8-19(9-7-18)29-24(16-3-10-20(34-2)11-4-16)23(26(32)27(29)33)25(31)17-5-12-21-22(13-17)36-14-35-21/h3-13,24,31H,14H2,1-2H3,(H,28,30)/b25-23-. The number of ether oxygens (including phenoxy) is 3. The molecule has 0 aliphatic carbocycles. The fourth-order valence-electron chi connectivity index (χ4n) is 4.31. The quantitative estimate of drug-likeness (QED) is 0.318. The highest BCUT2D eigenvalue weighted by atomic mass is 16.7. The van der Waals surface area contributed by atoms with Crippen molar-refractivity contribution < 1.29 is 33.7 Å². The van der Waals surface area contributed by atoms with Crippen LogP contribution in [0.4, 0.5) is 11.4 Å². The number of nitrogens with zero attached hydrogens (tertiary/aromatic N) is 1. The minimum absolute atomic E-state index is 0.0598. The van der Waals surface area contributed by atoms with Gasteiger partial charge in [-0.05, 0) is 60.2 Å². The van der Waals surface area contributed by atoms with Crippen molar-refractivity contribution in [3.8, 4) is 17.2 Å². The predicted molar refractivity (Wildman–Crippen MR) is 131 cm³/mol. The molecule has 1 unspecified atom stereocenters. The van der Waals surface area contributed by atoms with Gasteiger partial charge in [0, 0.05) is 23.9 Å². The molecule has 3 aromatic carbocycles. The summed E-state index contributed by atoms with van der Waals surface area (Å²) in [4.78, 5) is 39.3. The van der Waals surface area contributed by atoms with Crippen LogP contribution in [-0.2, 0) is 14.4 Å². The van der Waals surface area contributed by atoms with Crippen molar-refractivity contribution in [2.45, 2.75) is 13.0 Å². The molecule has 1 atom stereocenters. The number of hydrogen-bond donors (Lipinski definition) is 2. The number of amides is 2. The van der Waals surface area contributed by atoms with Crippen molar-refractivity contribution in [2.24, 2.45) is 0 Å². The van der Waals surface area contributed by atoms with Crippen LogP contribution in [0.25, 0.3) is 5.76 Å². The van der Waals surface area contributed by atoms with Gasteiger partial charge in [0.1, 0.15) is 11.5 Å². The van der Waals surface area contributed by atoms with Crippen molar-refractivity contribution in [2.75, 3.05) is 24.1 Å². The van der Waals surface area contributed by atoms with Gasteiger partial charge in [-0.3, -0.25) is 19.3 Å². The molecular weight excluding hydrogens is 464 g/mol. The largest absolute Gasteiger partial charge is 0.507 e. The first-order valence-electron chi connectivity index (χ1n) is 11.1. The monoisotopic (exact) mass is 486 g/mol. The zero-order valence-electron chi connectivity index (χ0n) is 19.5. The molecule has 2 heterocycles. The summed E-state index contributed by atoms with van der Waals surface area (Å²) in [7, 11) is 1.54. The van der Waals surface area contributed by atoms with E-state index in [0.717, 1.165) is 0 Å². The Morgan fingerprint density at radius 2 is 1.69 bits per heavy atom. The van der Waals surface area contributed by atoms with Gasteiger partial charge in [0.25, 0.3) is 11.7 Å². The Hall–Kier alpha value is -4.79. The van der Waals surface area contributed by atoms with E-state index >= 15 is 0 Å². The van der Waals surface area contributed by atoms with Crippen molar-refractivity contribution in [1.82, 2.24) is 0 Å². The number of carbonyl (C=O) groups excluding carboxylic acids is 3. The highest BCUT2D eigenvalue weighted by molar-refractivity contribution is 6.51. The molecule has 182 valence electrons. The van der Waals surface area contributed by atoms with Crippen LogP contribution < -0.4 is 24.4 Å². The third-order valence-electron chi connectivity index (χ3n) is 5.99. The zero-order valence-corrected chi connectivity index (χ0v) is 19.5. The van der Waals surface area contributed by atoms with Gasteiger partial charge in [-0.25, -0.2) is 0 Å². The summed E-state index contributed by atoms with van der Waals surface area (Å²) in [5, 5.41) is 14.0. The second-order valence-corrected chi connectivity index (χ2v) is 8.24. The molecular formula is C27H22N2O7. The Morgan fingerprint density at radius 3 is 2.36 bits per heavy atom. The first kappa shape index (κ1) is 23.0. The fourth-order valence-corrected chi connectivity index (χ4v) is 4.31. The lowest BCUT2D eigenvalue weighted by atomic mass is 9.95. The normalized spacial score (nSPS) is 17.8. The number of hydrogen-bond acceptors (Lipinski definition) is 7. The first-order valence-corrected chi connectivity index (χ1v) is 11.1. The van der Waals surface area contributed by atoms with Crippen molar-refractivity contribution in [1.29, 1.82) is 0 Å². The summed E-state index contributed by atoms with van der Waals surface area (Å²) in [5.41, 5.74) is 1.83. The topological polar surface area (TPSA) is 114 Å². The van der Waals surface area contributed by atoms with Gasteiger partial charge in [-0.2, -0.15) is 0 Å². The number of Topliss-reactive ketones (excluding diaryl/α,β-unsaturated/α-hetero) is 1. The Kier molecular flexibility index (Phi) is 5.81. The molecule has 2 aliphatic rings. The molecule has 9 nitrogen and oxygen atoms in total. The molecule has 0 bridgehead atoms. The fraction of sp³-hybridized carbons (Fsp3) is 0.148. The van der Waals surface area contributed by atoms with Gasteiger partial charge < -0.3 is 24.6 Å². The van der Waals surface area contributed by atoms with Gasteiger partial charge in [-0.1, -0.05) is 12.1 Å². The second kappa shape index (κ2) is 9.10. The van der Waals surface area contributed by atoms with Crippen molar-refractivity contribution >= 4 is 34.7 Å². The van der Waals surface area contributed by atoms with E-state index in [0.29, 0.717) is 39.8 Å². The zero-order chi connectivity index (χ0) is 25.4. The SMILES string of the molecule is COc1ccc(C2/C(=C(/O)c3ccc4c(c3)OCO4)C(=O)C(=O)N2c2ccc(NC(C)=O)cc2)cc1. The second-order valence-electron chi connectivity index (χ2n) is 8.24. The molecule has 1 saturated heterocycles. The molecule has 0 spiro atoms. The number of ketones is 1. The Bertz CT molecular complexity index is 1390. The highest BCUT2D eigenvalue weighted by Gasteiger charge is 2.47. The third-order valence-corrected chi connectivity index (χ3v) is 5.99. The lowest BCUT2D eigenvalue weighted by molar-refractivity contribution is -0.132. The van der Waals surface area contributed by atoms with E-state index in [1.54, 1.807) is 66.7 Å². The number of anilines is 2. The molecule has 2 N–H and O–H groups in total. The number of carbonyl (C=O) groups is 3. The molecule has 0 saturated carbocycles. The van der Waals surface area contributed by atoms with E-state index in [9.17, 15) is 19.5 Å². The minimum atomic E-state index is -0.909. The van der Waals surface area contributed by atoms with Gasteiger partial charge in [0.15, 0.2) is 11.5 Å². The van der Waals surface area contributed by atoms with Crippen molar-refractivity contribution in [3.05, 3.63) is 83.4 Å². The summed E-state index contributed by atoms with van der Waals surface area (Å²) in [6.45, 7) is 1.45. The van der Waals surface area contributed by atoms with Crippen LogP contribution in [0.2, 0.25) is 0 Å². The number of aliphatic hydroxyl groups is 1. The van der Waals surface area contributed by atoms with Crippen LogP contribution in [0, 0.1) is 0 Å². The Morgan fingerprint density at radius 1 is 1.00 bits per heavy atom. The molecule has 1 fully saturated rings. The molecule has 0 aromatic heterocycles. The maximum atomic E-state index is 13.3. The van der Waals surface area contributed by atoms with E-state index in [4.69, 9.17) is 14.2 Å². The van der Waals surface area contributed by atoms with Gasteiger partial charge in [-0.15, -0.1) is 0 Å². The van der Waals surface area contributed by atoms with E-state index in [2.05, 4.69) is 5.32 Å². The number of aliphatic hydroxyl groups excluding tert-OH is 1. The molecule has 5 rings (SSSR count). The van der Waals surface area contributed by atoms with Gasteiger partial charge >= 0.3 is 0 Å². The van der Waals surface area contributed by atoms with E-state index in [1.165, 1.54) is 18.9 Å². The number of rotatable bonds is 5. The highest BCUT2D eigenvalue weighted by Crippen LogP contribution is 2.43. The lowest BCUT2D eigenvalue weighted by Crippen LogP contribution is -2.29. The summed E-state index contributed by atoms with van der Waals surface area (Å²) >= 11 is 0. The summed E-state index contributed by atoms with van der Waals surface area (Å²) < 4.78 is 16.0. The summed E-state index contributed by atoms with van der Waals surface area (Å²) in [5.74, 6) is -0.607. The first-order chi connectivity index (χ1) is 17.4. The maximum Gasteiger partial charge on any atom is 0.300 e. The number of nitrogens with one attached hydrogen (secondary N) is 1. The summed E-state index contributed by atoms with van der Waals surface area (Å²) in [6, 6.07) is 17.3. The van der Waals surface area contributed by atoms with Gasteiger partial charge in [0.2, 0.25) is 12.7 Å². The molecule has 2 aliphatic heterocycles. The summed E-state index contributed by atoms with van der Waals surface area (Å²) in [6.07, 6.45) is 0. The van der Waals surface area contributed by atoms with Crippen molar-refractivity contribution in [3.63, 3.8) is 0 Å². The van der Waals surface area contributed by atoms with Gasteiger partial charge in [0.05, 0.1) is 18.7 Å². The third kappa shape index (κ3) is 4.00. The smallest absolute Gasteiger partial charge is 0.300 e.